The average molecular weight is 348 g/mol. The van der Waals surface area contributed by atoms with Crippen LogP contribution in [0.15, 0.2) is 0 Å². The van der Waals surface area contributed by atoms with E-state index in [1.54, 1.807) is 0 Å². The number of halogens is 4. The maximum Gasteiger partial charge on any atom is 0.339 e. The Labute approximate surface area is 130 Å². The molecule has 24 heavy (non-hydrogen) atoms. The molecule has 2 rings (SSSR count). The summed E-state index contributed by atoms with van der Waals surface area (Å²) >= 11 is 0. The molecule has 128 valence electrons. The normalized spacial score (nSPS) is 17.4. The summed E-state index contributed by atoms with van der Waals surface area (Å²) in [5, 5.41) is 12.5. The van der Waals surface area contributed by atoms with Gasteiger partial charge in [0.25, 0.3) is 5.91 Å². The largest absolute Gasteiger partial charge is 0.478 e. The molecule has 1 aliphatic rings. The lowest BCUT2D eigenvalue weighted by Gasteiger charge is -2.22. The molecule has 0 spiro atoms. The number of imide groups is 1. The Kier molecular flexibility index (Phi) is 4.53. The molecule has 3 amide bonds. The van der Waals surface area contributed by atoms with E-state index >= 15 is 0 Å². The Morgan fingerprint density at radius 1 is 1.00 bits per heavy atom. The monoisotopic (exact) mass is 348 g/mol. The summed E-state index contributed by atoms with van der Waals surface area (Å²) in [5.41, 5.74) is -3.31. The van der Waals surface area contributed by atoms with Gasteiger partial charge in [0.1, 0.15) is 11.6 Å². The van der Waals surface area contributed by atoms with E-state index in [0.29, 0.717) is 0 Å². The predicted octanol–water partition coefficient (Wildman–Crippen LogP) is 0.476. The molecule has 1 saturated heterocycles. The number of aromatic carboxylic acids is 1. The van der Waals surface area contributed by atoms with Crippen molar-refractivity contribution in [3.05, 3.63) is 34.4 Å². The number of rotatable bonds is 3. The van der Waals surface area contributed by atoms with Gasteiger partial charge in [-0.2, -0.15) is 0 Å². The Balaban J connectivity index is 2.44. The van der Waals surface area contributed by atoms with Crippen molar-refractivity contribution in [1.29, 1.82) is 0 Å². The number of carboxylic acid groups (broad SMARTS) is 1. The zero-order chi connectivity index (χ0) is 18.2. The number of hydrogen-bond acceptors (Lipinski definition) is 4. The molecule has 1 aliphatic heterocycles. The first kappa shape index (κ1) is 17.4. The number of piperidine rings is 1. The highest BCUT2D eigenvalue weighted by molar-refractivity contribution is 6.08. The van der Waals surface area contributed by atoms with Gasteiger partial charge in [-0.15, -0.1) is 0 Å². The van der Waals surface area contributed by atoms with Crippen molar-refractivity contribution >= 4 is 23.7 Å². The van der Waals surface area contributed by atoms with E-state index in [-0.39, 0.29) is 12.8 Å². The molecule has 1 aromatic rings. The zero-order valence-electron chi connectivity index (χ0n) is 11.6. The Morgan fingerprint density at radius 2 is 1.54 bits per heavy atom. The molecular weight excluding hydrogens is 340 g/mol. The molecular formula is C13H8F4N2O5. The third kappa shape index (κ3) is 2.92. The van der Waals surface area contributed by atoms with E-state index in [1.807, 2.05) is 10.6 Å². The van der Waals surface area contributed by atoms with E-state index in [4.69, 9.17) is 5.11 Å². The molecule has 3 N–H and O–H groups in total. The van der Waals surface area contributed by atoms with Gasteiger partial charge < -0.3 is 10.4 Å². The summed E-state index contributed by atoms with van der Waals surface area (Å²) in [6.45, 7) is 0. The molecule has 11 heteroatoms. The number of benzene rings is 1. The predicted molar refractivity (Wildman–Crippen MR) is 66.9 cm³/mol. The van der Waals surface area contributed by atoms with Crippen molar-refractivity contribution in [2.75, 3.05) is 0 Å². The number of amides is 3. The lowest BCUT2D eigenvalue weighted by molar-refractivity contribution is -0.134. The van der Waals surface area contributed by atoms with E-state index in [2.05, 4.69) is 0 Å². The van der Waals surface area contributed by atoms with Crippen LogP contribution in [-0.4, -0.2) is 34.8 Å². The Hall–Kier alpha value is -2.98. The minimum atomic E-state index is -2.39. The number of carbonyl (C=O) groups is 4. The molecule has 7 nitrogen and oxygen atoms in total. The maximum atomic E-state index is 13.8. The number of hydrogen-bond donors (Lipinski definition) is 3. The van der Waals surface area contributed by atoms with E-state index in [9.17, 15) is 36.7 Å². The molecule has 1 atom stereocenters. The van der Waals surface area contributed by atoms with Gasteiger partial charge in [0.05, 0.1) is 5.56 Å². The van der Waals surface area contributed by atoms with Crippen LogP contribution < -0.4 is 10.6 Å². The summed E-state index contributed by atoms with van der Waals surface area (Å²) in [6, 6.07) is -1.35. The first-order chi connectivity index (χ1) is 11.1. The van der Waals surface area contributed by atoms with Gasteiger partial charge in [-0.05, 0) is 6.42 Å². The highest BCUT2D eigenvalue weighted by Crippen LogP contribution is 2.24. The van der Waals surface area contributed by atoms with Gasteiger partial charge in [-0.3, -0.25) is 19.7 Å². The molecule has 1 heterocycles. The molecule has 0 unspecified atom stereocenters. The third-order valence-electron chi connectivity index (χ3n) is 3.25. The van der Waals surface area contributed by atoms with Gasteiger partial charge in [-0.25, -0.2) is 22.4 Å². The van der Waals surface area contributed by atoms with Crippen molar-refractivity contribution < 1.29 is 41.8 Å². The second-order valence-corrected chi connectivity index (χ2v) is 4.79. The topological polar surface area (TPSA) is 113 Å². The van der Waals surface area contributed by atoms with Crippen LogP contribution >= 0.6 is 0 Å². The van der Waals surface area contributed by atoms with Gasteiger partial charge in [0, 0.05) is 6.42 Å². The molecule has 0 aromatic heterocycles. The van der Waals surface area contributed by atoms with Crippen molar-refractivity contribution in [2.24, 2.45) is 0 Å². The van der Waals surface area contributed by atoms with E-state index in [0.717, 1.165) is 0 Å². The summed E-state index contributed by atoms with van der Waals surface area (Å²) in [7, 11) is 0. The van der Waals surface area contributed by atoms with Crippen molar-refractivity contribution in [3.63, 3.8) is 0 Å². The summed E-state index contributed by atoms with van der Waals surface area (Å²) in [5.74, 6) is -14.7. The molecule has 1 fully saturated rings. The third-order valence-corrected chi connectivity index (χ3v) is 3.25. The fourth-order valence-corrected chi connectivity index (χ4v) is 2.11. The Bertz CT molecular complexity index is 780. The lowest BCUT2D eigenvalue weighted by atomic mass is 10.0. The first-order valence-electron chi connectivity index (χ1n) is 6.39. The van der Waals surface area contributed by atoms with Gasteiger partial charge in [0.2, 0.25) is 11.8 Å². The summed E-state index contributed by atoms with van der Waals surface area (Å²) in [6.07, 6.45) is -0.357. The summed E-state index contributed by atoms with van der Waals surface area (Å²) in [4.78, 5) is 45.4. The van der Waals surface area contributed by atoms with Crippen LogP contribution in [0.3, 0.4) is 0 Å². The van der Waals surface area contributed by atoms with Gasteiger partial charge in [-0.1, -0.05) is 0 Å². The van der Waals surface area contributed by atoms with Crippen LogP contribution in [0.4, 0.5) is 17.6 Å². The SMILES string of the molecule is O=C1CC[C@H](NC(=O)c2c(F)c(F)c(F)c(F)c2C(=O)O)C(=O)N1. The van der Waals surface area contributed by atoms with E-state index in [1.165, 1.54) is 0 Å². The Morgan fingerprint density at radius 3 is 2.04 bits per heavy atom. The number of carboxylic acids is 1. The van der Waals surface area contributed by atoms with Crippen LogP contribution in [0.2, 0.25) is 0 Å². The molecule has 0 radical (unpaired) electrons. The number of carbonyl (C=O) groups excluding carboxylic acids is 3. The van der Waals surface area contributed by atoms with Gasteiger partial charge >= 0.3 is 5.97 Å². The molecule has 0 saturated carbocycles. The van der Waals surface area contributed by atoms with E-state index < -0.39 is 64.1 Å². The fraction of sp³-hybridized carbons (Fsp3) is 0.231. The van der Waals surface area contributed by atoms with Crippen LogP contribution in [-0.2, 0) is 9.59 Å². The average Bonchev–Trinajstić information content (AvgIpc) is 2.50. The molecule has 0 bridgehead atoms. The van der Waals surface area contributed by atoms with Crippen LogP contribution in [0.25, 0.3) is 0 Å². The second-order valence-electron chi connectivity index (χ2n) is 4.79. The van der Waals surface area contributed by atoms with Crippen LogP contribution in [0.5, 0.6) is 0 Å². The quantitative estimate of drug-likeness (QED) is 0.318. The number of nitrogens with one attached hydrogen (secondary N) is 2. The highest BCUT2D eigenvalue weighted by Gasteiger charge is 2.35. The molecule has 1 aromatic carbocycles. The fourth-order valence-electron chi connectivity index (χ4n) is 2.11. The second kappa shape index (κ2) is 6.26. The van der Waals surface area contributed by atoms with Crippen molar-refractivity contribution in [2.45, 2.75) is 18.9 Å². The minimum Gasteiger partial charge on any atom is -0.478 e. The van der Waals surface area contributed by atoms with Crippen LogP contribution in [0, 0.1) is 23.3 Å². The lowest BCUT2D eigenvalue weighted by Crippen LogP contribution is -2.52. The first-order valence-corrected chi connectivity index (χ1v) is 6.39. The van der Waals surface area contributed by atoms with Crippen molar-refractivity contribution in [3.8, 4) is 0 Å². The standard InChI is InChI=1S/C13H8F4N2O5/c14-7-5(6(13(23)24)8(15)10(17)9(7)16)12(22)18-3-1-2-4(20)19-11(3)21/h3H,1-2H2,(H,18,22)(H,23,24)(H,19,20,21)/t3-/m0/s1. The maximum absolute atomic E-state index is 13.8. The van der Waals surface area contributed by atoms with Crippen LogP contribution in [0.1, 0.15) is 33.6 Å². The van der Waals surface area contributed by atoms with Gasteiger partial charge in [0.15, 0.2) is 23.3 Å². The molecule has 0 aliphatic carbocycles. The smallest absolute Gasteiger partial charge is 0.339 e. The zero-order valence-corrected chi connectivity index (χ0v) is 11.6. The van der Waals surface area contributed by atoms with Crippen molar-refractivity contribution in [1.82, 2.24) is 10.6 Å². The highest BCUT2D eigenvalue weighted by atomic mass is 19.2. The summed E-state index contributed by atoms with van der Waals surface area (Å²) < 4.78 is 53.7. The minimum absolute atomic E-state index is 0.170.